The number of ketones is 1. The first-order chi connectivity index (χ1) is 6.24. The lowest BCUT2D eigenvalue weighted by Gasteiger charge is -1.95. The van der Waals surface area contributed by atoms with Crippen molar-refractivity contribution in [3.63, 3.8) is 0 Å². The van der Waals surface area contributed by atoms with Crippen molar-refractivity contribution in [2.24, 2.45) is 4.99 Å². The number of hydrogen-bond acceptors (Lipinski definition) is 3. The molecule has 0 spiro atoms. The number of carbonyl (C=O) groups is 2. The molecule has 3 heteroatoms. The van der Waals surface area contributed by atoms with Crippen molar-refractivity contribution in [3.05, 3.63) is 29.8 Å². The summed E-state index contributed by atoms with van der Waals surface area (Å²) in [4.78, 5) is 24.6. The third-order valence-corrected chi connectivity index (χ3v) is 1.56. The normalized spacial score (nSPS) is 10.2. The molecular formula is C10H9NO2. The Morgan fingerprint density at radius 2 is 1.92 bits per heavy atom. The van der Waals surface area contributed by atoms with E-state index in [0.29, 0.717) is 17.5 Å². The van der Waals surface area contributed by atoms with Crippen LogP contribution in [0.15, 0.2) is 29.3 Å². The van der Waals surface area contributed by atoms with Gasteiger partial charge in [0.15, 0.2) is 12.1 Å². The zero-order valence-corrected chi connectivity index (χ0v) is 7.23. The molecule has 3 nitrogen and oxygen atoms in total. The number of rotatable bonds is 3. The predicted molar refractivity (Wildman–Crippen MR) is 50.7 cm³/mol. The van der Waals surface area contributed by atoms with Crippen molar-refractivity contribution in [1.29, 1.82) is 0 Å². The molecule has 0 atom stereocenters. The molecule has 0 unspecified atom stereocenters. The van der Waals surface area contributed by atoms with Gasteiger partial charge in [0.1, 0.15) is 0 Å². The van der Waals surface area contributed by atoms with Crippen LogP contribution in [0.4, 0.5) is 5.69 Å². The molecule has 1 aromatic rings. The average Bonchev–Trinajstić information content (AvgIpc) is 2.15. The predicted octanol–water partition coefficient (Wildman–Crippen LogP) is 1.79. The smallest absolute Gasteiger partial charge is 0.161 e. The molecular weight excluding hydrogens is 166 g/mol. The Hall–Kier alpha value is -1.77. The monoisotopic (exact) mass is 175 g/mol. The summed E-state index contributed by atoms with van der Waals surface area (Å²) < 4.78 is 0. The summed E-state index contributed by atoms with van der Waals surface area (Å²) in [5.74, 6) is 0.0194. The molecule has 0 bridgehead atoms. The zero-order valence-electron chi connectivity index (χ0n) is 7.23. The van der Waals surface area contributed by atoms with E-state index in [1.54, 1.807) is 24.3 Å². The molecule has 13 heavy (non-hydrogen) atoms. The zero-order chi connectivity index (χ0) is 9.68. The van der Waals surface area contributed by atoms with Gasteiger partial charge in [-0.25, -0.2) is 0 Å². The van der Waals surface area contributed by atoms with Crippen LogP contribution in [0, 0.1) is 0 Å². The van der Waals surface area contributed by atoms with Gasteiger partial charge in [0.25, 0.3) is 0 Å². The molecule has 0 aliphatic carbocycles. The van der Waals surface area contributed by atoms with E-state index in [1.165, 1.54) is 13.1 Å². The Bertz CT molecular complexity index is 338. The van der Waals surface area contributed by atoms with Crippen molar-refractivity contribution < 1.29 is 9.59 Å². The highest BCUT2D eigenvalue weighted by Gasteiger charge is 1.96. The molecule has 0 aliphatic heterocycles. The van der Waals surface area contributed by atoms with Gasteiger partial charge in [-0.05, 0) is 31.2 Å². The quantitative estimate of drug-likeness (QED) is 0.399. The van der Waals surface area contributed by atoms with Crippen LogP contribution in [0.5, 0.6) is 0 Å². The van der Waals surface area contributed by atoms with Crippen LogP contribution in [-0.2, 0) is 4.79 Å². The highest BCUT2D eigenvalue weighted by atomic mass is 16.1. The number of nitrogens with zero attached hydrogens (tertiary/aromatic N) is 1. The Labute approximate surface area is 76.1 Å². The highest BCUT2D eigenvalue weighted by molar-refractivity contribution is 6.13. The van der Waals surface area contributed by atoms with E-state index in [0.717, 1.165) is 0 Å². The van der Waals surface area contributed by atoms with Crippen LogP contribution in [0.2, 0.25) is 0 Å². The first kappa shape index (κ1) is 9.32. The third kappa shape index (κ3) is 2.63. The van der Waals surface area contributed by atoms with Crippen LogP contribution in [0.3, 0.4) is 0 Å². The number of benzene rings is 1. The number of carbonyl (C=O) groups excluding carboxylic acids is 2. The molecule has 1 rings (SSSR count). The summed E-state index contributed by atoms with van der Waals surface area (Å²) >= 11 is 0. The second-order valence-corrected chi connectivity index (χ2v) is 2.52. The fourth-order valence-electron chi connectivity index (χ4n) is 0.899. The van der Waals surface area contributed by atoms with E-state index in [-0.39, 0.29) is 5.78 Å². The van der Waals surface area contributed by atoms with E-state index in [4.69, 9.17) is 0 Å². The minimum Gasteiger partial charge on any atom is -0.297 e. The molecule has 0 fully saturated rings. The van der Waals surface area contributed by atoms with Crippen molar-refractivity contribution >= 4 is 24.0 Å². The highest BCUT2D eigenvalue weighted by Crippen LogP contribution is 2.12. The lowest BCUT2D eigenvalue weighted by molar-refractivity contribution is -0.102. The first-order valence-corrected chi connectivity index (χ1v) is 3.83. The van der Waals surface area contributed by atoms with Gasteiger partial charge in [-0.3, -0.25) is 14.6 Å². The Balaban J connectivity index is 2.87. The molecule has 0 aliphatic rings. The minimum absolute atomic E-state index is 0.0194. The number of aliphatic imine (C=N–C) groups is 1. The van der Waals surface area contributed by atoms with Gasteiger partial charge in [0.05, 0.1) is 11.9 Å². The lowest BCUT2D eigenvalue weighted by atomic mass is 10.1. The fraction of sp³-hybridized carbons (Fsp3) is 0.100. The van der Waals surface area contributed by atoms with E-state index in [9.17, 15) is 9.59 Å². The first-order valence-electron chi connectivity index (χ1n) is 3.83. The summed E-state index contributed by atoms with van der Waals surface area (Å²) in [6.07, 6.45) is 1.78. The standard InChI is InChI=1S/C10H9NO2/c1-8(13)9-2-4-10(5-3-9)11-6-7-12/h2-7H,1H3. The lowest BCUT2D eigenvalue weighted by Crippen LogP contribution is -1.89. The van der Waals surface area contributed by atoms with Crippen LogP contribution in [0.1, 0.15) is 17.3 Å². The van der Waals surface area contributed by atoms with Crippen LogP contribution in [0.25, 0.3) is 0 Å². The van der Waals surface area contributed by atoms with Crippen molar-refractivity contribution in [2.75, 3.05) is 0 Å². The maximum atomic E-state index is 10.9. The fourth-order valence-corrected chi connectivity index (χ4v) is 0.899. The van der Waals surface area contributed by atoms with Gasteiger partial charge in [-0.2, -0.15) is 0 Å². The molecule has 0 saturated heterocycles. The maximum Gasteiger partial charge on any atom is 0.161 e. The van der Waals surface area contributed by atoms with Gasteiger partial charge in [0.2, 0.25) is 0 Å². The summed E-state index contributed by atoms with van der Waals surface area (Å²) in [6, 6.07) is 6.74. The SMILES string of the molecule is CC(=O)c1ccc(N=CC=O)cc1. The third-order valence-electron chi connectivity index (χ3n) is 1.56. The largest absolute Gasteiger partial charge is 0.297 e. The van der Waals surface area contributed by atoms with E-state index >= 15 is 0 Å². The van der Waals surface area contributed by atoms with Gasteiger partial charge in [-0.1, -0.05) is 0 Å². The Morgan fingerprint density at radius 3 is 2.38 bits per heavy atom. The second kappa shape index (κ2) is 4.30. The van der Waals surface area contributed by atoms with Crippen LogP contribution in [-0.4, -0.2) is 18.3 Å². The maximum absolute atomic E-state index is 10.9. The Morgan fingerprint density at radius 1 is 1.31 bits per heavy atom. The van der Waals surface area contributed by atoms with Crippen molar-refractivity contribution in [3.8, 4) is 0 Å². The summed E-state index contributed by atoms with van der Waals surface area (Å²) in [6.45, 7) is 1.50. The second-order valence-electron chi connectivity index (χ2n) is 2.52. The Kier molecular flexibility index (Phi) is 3.09. The molecule has 0 N–H and O–H groups in total. The summed E-state index contributed by atoms with van der Waals surface area (Å²) in [5.41, 5.74) is 1.31. The van der Waals surface area contributed by atoms with E-state index < -0.39 is 0 Å². The average molecular weight is 175 g/mol. The molecule has 66 valence electrons. The molecule has 1 aromatic carbocycles. The van der Waals surface area contributed by atoms with Crippen molar-refractivity contribution in [1.82, 2.24) is 0 Å². The number of aldehydes is 1. The molecule has 0 amide bonds. The summed E-state index contributed by atoms with van der Waals surface area (Å²) in [5, 5.41) is 0. The minimum atomic E-state index is 0.0194. The van der Waals surface area contributed by atoms with Crippen molar-refractivity contribution in [2.45, 2.75) is 6.92 Å². The topological polar surface area (TPSA) is 46.5 Å². The van der Waals surface area contributed by atoms with Crippen LogP contribution >= 0.6 is 0 Å². The molecule has 0 aromatic heterocycles. The molecule has 0 radical (unpaired) electrons. The molecule has 0 saturated carbocycles. The number of hydrogen-bond donors (Lipinski definition) is 0. The summed E-state index contributed by atoms with van der Waals surface area (Å²) in [7, 11) is 0. The van der Waals surface area contributed by atoms with Gasteiger partial charge in [0, 0.05) is 5.56 Å². The van der Waals surface area contributed by atoms with Gasteiger partial charge >= 0.3 is 0 Å². The van der Waals surface area contributed by atoms with Gasteiger partial charge < -0.3 is 0 Å². The van der Waals surface area contributed by atoms with Gasteiger partial charge in [-0.15, -0.1) is 0 Å². The number of Topliss-reactive ketones (excluding diaryl/α,β-unsaturated/α-hetero) is 1. The van der Waals surface area contributed by atoms with E-state index in [2.05, 4.69) is 4.99 Å². The molecule has 0 heterocycles. The van der Waals surface area contributed by atoms with E-state index in [1.807, 2.05) is 0 Å². The van der Waals surface area contributed by atoms with Crippen LogP contribution < -0.4 is 0 Å².